The van der Waals surface area contributed by atoms with Crippen molar-refractivity contribution in [3.05, 3.63) is 137 Å². The third-order valence-electron chi connectivity index (χ3n) is 10.4. The van der Waals surface area contributed by atoms with Gasteiger partial charge in [-0.2, -0.15) is 27.1 Å². The number of benzene rings is 3. The Bertz CT molecular complexity index is 2390. The number of aliphatic hydroxyl groups is 2. The molecule has 0 radical (unpaired) electrons. The van der Waals surface area contributed by atoms with Gasteiger partial charge in [0.15, 0.2) is 5.60 Å². The average molecular weight is 808 g/mol. The first-order valence-electron chi connectivity index (χ1n) is 18.4. The van der Waals surface area contributed by atoms with Crippen molar-refractivity contribution in [2.45, 2.75) is 56.7 Å². The van der Waals surface area contributed by atoms with Gasteiger partial charge in [-0.15, -0.1) is 5.10 Å². The molecule has 58 heavy (non-hydrogen) atoms. The molecule has 4 heterocycles. The molecular formula is C40H39F6N9O3. The summed E-state index contributed by atoms with van der Waals surface area (Å²) in [5, 5.41) is 29.0. The van der Waals surface area contributed by atoms with E-state index in [1.54, 1.807) is 6.92 Å². The molecule has 18 heteroatoms. The van der Waals surface area contributed by atoms with E-state index in [4.69, 9.17) is 0 Å². The second kappa shape index (κ2) is 15.7. The van der Waals surface area contributed by atoms with Crippen LogP contribution >= 0.6 is 0 Å². The zero-order chi connectivity index (χ0) is 41.4. The SMILES string of the molecule is CC[C@@H]([C@H](C)O)n1ncn(-c2ccc(N3CCN(c4ccc(-c5ccc(C(F)(F)C(O)(Cn6cnc(C(F)(F)F)n6)c6ccccc6F)nc5)cc4)CC3)cc2)c1=O. The summed E-state index contributed by atoms with van der Waals surface area (Å²) in [6, 6.07) is 21.2. The molecule has 0 spiro atoms. The van der Waals surface area contributed by atoms with Gasteiger partial charge in [0.25, 0.3) is 5.82 Å². The van der Waals surface area contributed by atoms with Gasteiger partial charge in [0.2, 0.25) is 0 Å². The summed E-state index contributed by atoms with van der Waals surface area (Å²) in [6.45, 7) is 5.14. The van der Waals surface area contributed by atoms with Gasteiger partial charge in [0, 0.05) is 54.9 Å². The molecule has 1 aliphatic heterocycles. The maximum atomic E-state index is 16.3. The van der Waals surface area contributed by atoms with Crippen LogP contribution in [0.2, 0.25) is 0 Å². The number of aliphatic hydroxyl groups excluding tert-OH is 1. The lowest BCUT2D eigenvalue weighted by atomic mass is 9.84. The number of nitrogens with zero attached hydrogens (tertiary/aromatic N) is 9. The van der Waals surface area contributed by atoms with Gasteiger partial charge in [-0.1, -0.05) is 43.3 Å². The molecule has 0 bridgehead atoms. The highest BCUT2D eigenvalue weighted by Crippen LogP contribution is 2.47. The zero-order valence-corrected chi connectivity index (χ0v) is 31.3. The molecule has 2 N–H and O–H groups in total. The Morgan fingerprint density at radius 2 is 1.36 bits per heavy atom. The molecule has 0 amide bonds. The lowest BCUT2D eigenvalue weighted by Crippen LogP contribution is -2.48. The molecule has 1 aliphatic rings. The van der Waals surface area contributed by atoms with E-state index in [1.165, 1.54) is 40.0 Å². The van der Waals surface area contributed by atoms with Crippen molar-refractivity contribution in [1.82, 2.24) is 34.1 Å². The summed E-state index contributed by atoms with van der Waals surface area (Å²) in [4.78, 5) is 24.5. The van der Waals surface area contributed by atoms with Crippen LogP contribution in [0.3, 0.4) is 0 Å². The smallest absolute Gasteiger partial charge is 0.391 e. The maximum Gasteiger partial charge on any atom is 0.453 e. The first-order valence-corrected chi connectivity index (χ1v) is 18.4. The van der Waals surface area contributed by atoms with Gasteiger partial charge in [-0.05, 0) is 67.4 Å². The van der Waals surface area contributed by atoms with Crippen LogP contribution in [0.5, 0.6) is 0 Å². The molecule has 3 aromatic carbocycles. The topological polar surface area (TPSA) is 130 Å². The van der Waals surface area contributed by atoms with E-state index in [0.29, 0.717) is 47.3 Å². The van der Waals surface area contributed by atoms with Crippen LogP contribution in [0.15, 0.2) is 109 Å². The van der Waals surface area contributed by atoms with Gasteiger partial charge < -0.3 is 20.0 Å². The number of halogens is 6. The summed E-state index contributed by atoms with van der Waals surface area (Å²) in [5.41, 5.74) is -1.79. The summed E-state index contributed by atoms with van der Waals surface area (Å²) >= 11 is 0. The van der Waals surface area contributed by atoms with E-state index >= 15 is 8.78 Å². The number of aromatic nitrogens is 7. The van der Waals surface area contributed by atoms with Crippen LogP contribution in [0.1, 0.15) is 43.4 Å². The number of alkyl halides is 5. The molecule has 6 aromatic rings. The quantitative estimate of drug-likeness (QED) is 0.139. The Morgan fingerprint density at radius 3 is 1.90 bits per heavy atom. The second-order valence-corrected chi connectivity index (χ2v) is 14.1. The summed E-state index contributed by atoms with van der Waals surface area (Å²) in [5.74, 6) is -7.12. The number of anilines is 2. The molecule has 3 aromatic heterocycles. The second-order valence-electron chi connectivity index (χ2n) is 14.1. The summed E-state index contributed by atoms with van der Waals surface area (Å²) in [6.07, 6.45) is -1.95. The first-order chi connectivity index (χ1) is 27.6. The minimum Gasteiger partial charge on any atom is -0.391 e. The van der Waals surface area contributed by atoms with Crippen LogP contribution in [0.4, 0.5) is 37.7 Å². The molecule has 0 saturated carbocycles. The minimum atomic E-state index is -4.97. The van der Waals surface area contributed by atoms with Gasteiger partial charge in [-0.3, -0.25) is 4.98 Å². The highest BCUT2D eigenvalue weighted by atomic mass is 19.4. The molecule has 304 valence electrons. The van der Waals surface area contributed by atoms with Crippen molar-refractivity contribution in [3.8, 4) is 16.8 Å². The van der Waals surface area contributed by atoms with Crippen molar-refractivity contribution in [2.24, 2.45) is 0 Å². The van der Waals surface area contributed by atoms with Crippen LogP contribution in [-0.2, 0) is 24.2 Å². The van der Waals surface area contributed by atoms with Crippen LogP contribution in [0.25, 0.3) is 16.8 Å². The van der Waals surface area contributed by atoms with Crippen LogP contribution in [-0.4, -0.2) is 76.6 Å². The molecule has 1 unspecified atom stereocenters. The highest BCUT2D eigenvalue weighted by Gasteiger charge is 2.58. The first kappa shape index (κ1) is 40.2. The Morgan fingerprint density at radius 1 is 0.776 bits per heavy atom. The monoisotopic (exact) mass is 807 g/mol. The molecule has 1 saturated heterocycles. The lowest BCUT2D eigenvalue weighted by molar-refractivity contribution is -0.208. The molecule has 0 aliphatic carbocycles. The van der Waals surface area contributed by atoms with Crippen LogP contribution in [0, 0.1) is 5.82 Å². The Kier molecular flexibility index (Phi) is 10.9. The van der Waals surface area contributed by atoms with Gasteiger partial charge in [0.1, 0.15) is 24.2 Å². The molecular weight excluding hydrogens is 768 g/mol. The van der Waals surface area contributed by atoms with E-state index in [0.717, 1.165) is 42.7 Å². The Hall–Kier alpha value is -6.01. The summed E-state index contributed by atoms with van der Waals surface area (Å²) < 4.78 is 90.1. The zero-order valence-electron chi connectivity index (χ0n) is 31.3. The van der Waals surface area contributed by atoms with Gasteiger partial charge in [-0.25, -0.2) is 28.1 Å². The van der Waals surface area contributed by atoms with Crippen molar-refractivity contribution in [2.75, 3.05) is 36.0 Å². The van der Waals surface area contributed by atoms with Crippen LogP contribution < -0.4 is 15.5 Å². The van der Waals surface area contributed by atoms with Gasteiger partial charge >= 0.3 is 17.8 Å². The molecule has 1 fully saturated rings. The van der Waals surface area contributed by atoms with Crippen molar-refractivity contribution < 1.29 is 36.6 Å². The van der Waals surface area contributed by atoms with Crippen molar-refractivity contribution in [3.63, 3.8) is 0 Å². The number of piperazine rings is 1. The van der Waals surface area contributed by atoms with Crippen molar-refractivity contribution >= 4 is 11.4 Å². The van der Waals surface area contributed by atoms with E-state index in [-0.39, 0.29) is 5.69 Å². The Balaban J connectivity index is 1.01. The molecule has 7 rings (SSSR count). The predicted octanol–water partition coefficient (Wildman–Crippen LogP) is 6.18. The largest absolute Gasteiger partial charge is 0.453 e. The molecule has 3 atom stereocenters. The highest BCUT2D eigenvalue weighted by molar-refractivity contribution is 5.66. The van der Waals surface area contributed by atoms with E-state index < -0.39 is 59.3 Å². The average Bonchev–Trinajstić information content (AvgIpc) is 3.85. The summed E-state index contributed by atoms with van der Waals surface area (Å²) in [7, 11) is 0. The maximum absolute atomic E-state index is 16.3. The normalized spacial score (nSPS) is 16.0. The third-order valence-corrected chi connectivity index (χ3v) is 10.4. The fraction of sp³-hybridized carbons (Fsp3) is 0.325. The number of hydrogen-bond acceptors (Lipinski definition) is 9. The van der Waals surface area contributed by atoms with Gasteiger partial charge in [0.05, 0.1) is 24.4 Å². The number of rotatable bonds is 12. The lowest BCUT2D eigenvalue weighted by Gasteiger charge is -2.37. The molecule has 12 nitrogen and oxygen atoms in total. The standard InChI is InChI=1S/C40H39F6N9O3/c1-3-34(26(2)56)55-37(57)54(25-49-55)31-15-13-30(14-16-31)52-20-18-51(19-21-52)29-11-8-27(9-12-29)28-10-17-35(47-22-28)39(42,43)38(58,32-6-4-5-7-33(32)41)23-53-24-48-36(50-53)40(44,45)46/h4-17,22,24-26,34,56,58H,3,18-21,23H2,1-2H3/t26-,34-,38?/m0/s1. The number of hydrogen-bond donors (Lipinski definition) is 2. The van der Waals surface area contributed by atoms with Crippen molar-refractivity contribution in [1.29, 1.82) is 0 Å². The van der Waals surface area contributed by atoms with E-state index in [9.17, 15) is 32.6 Å². The third kappa shape index (κ3) is 7.68. The fourth-order valence-electron chi connectivity index (χ4n) is 7.20. The number of pyridine rings is 1. The Labute approximate surface area is 328 Å². The van der Waals surface area contributed by atoms with E-state index in [2.05, 4.69) is 30.0 Å². The predicted molar refractivity (Wildman–Crippen MR) is 202 cm³/mol. The minimum absolute atomic E-state index is 0.323. The van der Waals surface area contributed by atoms with E-state index in [1.807, 2.05) is 55.5 Å². The fourth-order valence-corrected chi connectivity index (χ4v) is 7.20.